The molecular weight excluding hydrogens is 207 g/mol. The van der Waals surface area contributed by atoms with Gasteiger partial charge in [0.15, 0.2) is 0 Å². The third kappa shape index (κ3) is 2.49. The van der Waals surface area contributed by atoms with Crippen molar-refractivity contribution in [2.75, 3.05) is 6.54 Å². The molecular formula is C10H10F3NO. The molecule has 0 bridgehead atoms. The zero-order valence-electron chi connectivity index (χ0n) is 7.84. The summed E-state index contributed by atoms with van der Waals surface area (Å²) in [5.74, 6) is 0. The van der Waals surface area contributed by atoms with Crippen LogP contribution in [0.25, 0.3) is 0 Å². The highest BCUT2D eigenvalue weighted by molar-refractivity contribution is 5.31. The summed E-state index contributed by atoms with van der Waals surface area (Å²) in [5, 5.41) is 2.69. The lowest BCUT2D eigenvalue weighted by molar-refractivity contribution is -0.349. The second-order valence-electron chi connectivity index (χ2n) is 3.35. The maximum Gasteiger partial charge on any atom is 0.524 e. The Balaban J connectivity index is 2.22. The zero-order valence-corrected chi connectivity index (χ0v) is 7.84. The molecule has 0 amide bonds. The summed E-state index contributed by atoms with van der Waals surface area (Å²) in [6, 6.07) is 6.99. The van der Waals surface area contributed by atoms with Gasteiger partial charge in [-0.05, 0) is 17.5 Å². The van der Waals surface area contributed by atoms with Gasteiger partial charge in [0.1, 0.15) is 6.23 Å². The highest BCUT2D eigenvalue weighted by atomic mass is 19.4. The normalized spacial score (nSPS) is 21.1. The number of rotatable bonds is 1. The van der Waals surface area contributed by atoms with Crippen LogP contribution >= 0.6 is 0 Å². The molecule has 1 aliphatic heterocycles. The summed E-state index contributed by atoms with van der Waals surface area (Å²) in [7, 11) is 0. The molecule has 1 heterocycles. The van der Waals surface area contributed by atoms with Crippen LogP contribution in [0.3, 0.4) is 0 Å². The molecule has 2 nitrogen and oxygen atoms in total. The SMILES string of the molecule is FC(F)(F)OC1NCCc2ccccc21. The second-order valence-corrected chi connectivity index (χ2v) is 3.35. The summed E-state index contributed by atoms with van der Waals surface area (Å²) in [5.41, 5.74) is 1.48. The van der Waals surface area contributed by atoms with Gasteiger partial charge in [-0.15, -0.1) is 13.2 Å². The Morgan fingerprint density at radius 3 is 2.73 bits per heavy atom. The quantitative estimate of drug-likeness (QED) is 0.779. The van der Waals surface area contributed by atoms with E-state index in [4.69, 9.17) is 0 Å². The molecule has 0 aliphatic carbocycles. The number of nitrogens with one attached hydrogen (secondary N) is 1. The number of ether oxygens (including phenoxy) is 1. The fourth-order valence-electron chi connectivity index (χ4n) is 1.70. The van der Waals surface area contributed by atoms with E-state index >= 15 is 0 Å². The topological polar surface area (TPSA) is 21.3 Å². The van der Waals surface area contributed by atoms with Crippen molar-refractivity contribution in [1.82, 2.24) is 5.32 Å². The maximum atomic E-state index is 12.1. The van der Waals surface area contributed by atoms with Crippen LogP contribution in [0.15, 0.2) is 24.3 Å². The molecule has 1 aromatic carbocycles. The molecule has 1 aromatic rings. The summed E-state index contributed by atoms with van der Waals surface area (Å²) in [6.07, 6.45) is -4.95. The van der Waals surface area contributed by atoms with Crippen LogP contribution in [0.4, 0.5) is 13.2 Å². The standard InChI is InChI=1S/C10H10F3NO/c11-10(12,13)15-9-8-4-2-1-3-7(8)5-6-14-9/h1-4,9,14H,5-6H2. The highest BCUT2D eigenvalue weighted by Gasteiger charge is 2.35. The third-order valence-corrected chi connectivity index (χ3v) is 2.31. The van der Waals surface area contributed by atoms with Crippen molar-refractivity contribution in [3.05, 3.63) is 35.4 Å². The molecule has 1 N–H and O–H groups in total. The first-order chi connectivity index (χ1) is 7.06. The molecule has 2 rings (SSSR count). The summed E-state index contributed by atoms with van der Waals surface area (Å²) < 4.78 is 40.2. The van der Waals surface area contributed by atoms with Crippen LogP contribution < -0.4 is 5.32 Å². The average Bonchev–Trinajstić information content (AvgIpc) is 2.16. The van der Waals surface area contributed by atoms with Gasteiger partial charge in [0.05, 0.1) is 0 Å². The van der Waals surface area contributed by atoms with Crippen molar-refractivity contribution in [3.63, 3.8) is 0 Å². The second kappa shape index (κ2) is 3.83. The largest absolute Gasteiger partial charge is 0.524 e. The molecule has 5 heteroatoms. The van der Waals surface area contributed by atoms with Crippen molar-refractivity contribution in [2.45, 2.75) is 19.0 Å². The summed E-state index contributed by atoms with van der Waals surface area (Å²) in [4.78, 5) is 0. The van der Waals surface area contributed by atoms with Gasteiger partial charge in [-0.2, -0.15) is 0 Å². The first-order valence-corrected chi connectivity index (χ1v) is 4.62. The third-order valence-electron chi connectivity index (χ3n) is 2.31. The van der Waals surface area contributed by atoms with Gasteiger partial charge < -0.3 is 0 Å². The molecule has 0 saturated heterocycles. The number of alkyl halides is 3. The lowest BCUT2D eigenvalue weighted by Crippen LogP contribution is -2.35. The number of benzene rings is 1. The molecule has 1 unspecified atom stereocenters. The van der Waals surface area contributed by atoms with E-state index in [0.29, 0.717) is 12.1 Å². The molecule has 82 valence electrons. The van der Waals surface area contributed by atoms with E-state index in [0.717, 1.165) is 12.0 Å². The molecule has 1 aliphatic rings. The van der Waals surface area contributed by atoms with E-state index < -0.39 is 12.6 Å². The van der Waals surface area contributed by atoms with Crippen LogP contribution in [0.5, 0.6) is 0 Å². The summed E-state index contributed by atoms with van der Waals surface area (Å²) in [6.45, 7) is 0.498. The van der Waals surface area contributed by atoms with E-state index in [2.05, 4.69) is 10.1 Å². The van der Waals surface area contributed by atoms with Gasteiger partial charge in [0.2, 0.25) is 0 Å². The molecule has 0 spiro atoms. The van der Waals surface area contributed by atoms with Gasteiger partial charge in [0.25, 0.3) is 0 Å². The smallest absolute Gasteiger partial charge is 0.288 e. The van der Waals surface area contributed by atoms with E-state index in [1.807, 2.05) is 12.1 Å². The monoisotopic (exact) mass is 217 g/mol. The van der Waals surface area contributed by atoms with Gasteiger partial charge in [-0.25, -0.2) is 0 Å². The van der Waals surface area contributed by atoms with Gasteiger partial charge in [-0.3, -0.25) is 10.1 Å². The minimum atomic E-state index is -4.61. The number of halogens is 3. The lowest BCUT2D eigenvalue weighted by atomic mass is 10.00. The van der Waals surface area contributed by atoms with E-state index in [1.54, 1.807) is 12.1 Å². The van der Waals surface area contributed by atoms with E-state index in [1.165, 1.54) is 0 Å². The maximum absolute atomic E-state index is 12.1. The highest BCUT2D eigenvalue weighted by Crippen LogP contribution is 2.29. The van der Waals surface area contributed by atoms with Crippen molar-refractivity contribution in [3.8, 4) is 0 Å². The Morgan fingerprint density at radius 2 is 2.00 bits per heavy atom. The molecule has 15 heavy (non-hydrogen) atoms. The van der Waals surface area contributed by atoms with Crippen LogP contribution in [0, 0.1) is 0 Å². The Kier molecular flexibility index (Phi) is 2.67. The van der Waals surface area contributed by atoms with Crippen molar-refractivity contribution < 1.29 is 17.9 Å². The van der Waals surface area contributed by atoms with Crippen LogP contribution in [0.1, 0.15) is 17.4 Å². The first kappa shape index (κ1) is 10.4. The number of hydrogen-bond acceptors (Lipinski definition) is 2. The fourth-order valence-corrected chi connectivity index (χ4v) is 1.70. The molecule has 0 radical (unpaired) electrons. The van der Waals surface area contributed by atoms with Crippen LogP contribution in [-0.2, 0) is 11.2 Å². The van der Waals surface area contributed by atoms with Gasteiger partial charge in [0, 0.05) is 6.54 Å². The van der Waals surface area contributed by atoms with Crippen molar-refractivity contribution >= 4 is 0 Å². The molecule has 0 aromatic heterocycles. The van der Waals surface area contributed by atoms with Gasteiger partial charge >= 0.3 is 6.36 Å². The Hall–Kier alpha value is -1.07. The van der Waals surface area contributed by atoms with Crippen LogP contribution in [-0.4, -0.2) is 12.9 Å². The lowest BCUT2D eigenvalue weighted by Gasteiger charge is -2.27. The minimum Gasteiger partial charge on any atom is -0.288 e. The van der Waals surface area contributed by atoms with Crippen molar-refractivity contribution in [1.29, 1.82) is 0 Å². The van der Waals surface area contributed by atoms with Crippen molar-refractivity contribution in [2.24, 2.45) is 0 Å². The van der Waals surface area contributed by atoms with Gasteiger partial charge in [-0.1, -0.05) is 24.3 Å². The zero-order chi connectivity index (χ0) is 10.9. The fraction of sp³-hybridized carbons (Fsp3) is 0.400. The first-order valence-electron chi connectivity index (χ1n) is 4.62. The van der Waals surface area contributed by atoms with E-state index in [-0.39, 0.29) is 0 Å². The molecule has 0 saturated carbocycles. The average molecular weight is 217 g/mol. The minimum absolute atomic E-state index is 0.498. The molecule has 1 atom stereocenters. The predicted octanol–water partition coefficient (Wildman–Crippen LogP) is 2.37. The van der Waals surface area contributed by atoms with Crippen LogP contribution in [0.2, 0.25) is 0 Å². The number of fused-ring (bicyclic) bond motifs is 1. The predicted molar refractivity (Wildman–Crippen MR) is 48.0 cm³/mol. The molecule has 0 fully saturated rings. The number of hydrogen-bond donors (Lipinski definition) is 1. The summed E-state index contributed by atoms with van der Waals surface area (Å²) >= 11 is 0. The Bertz CT molecular complexity index is 351. The van der Waals surface area contributed by atoms with E-state index in [9.17, 15) is 13.2 Å². The Morgan fingerprint density at radius 1 is 1.27 bits per heavy atom. The Labute approximate surface area is 85.0 Å².